The van der Waals surface area contributed by atoms with Crippen LogP contribution in [0, 0.1) is 5.92 Å². The summed E-state index contributed by atoms with van der Waals surface area (Å²) >= 11 is 0. The van der Waals surface area contributed by atoms with Gasteiger partial charge in [-0.3, -0.25) is 67.1 Å². The molecule has 0 fully saturated rings. The first-order valence-corrected chi connectivity index (χ1v) is 21.1. The molecule has 0 aliphatic heterocycles. The topological polar surface area (TPSA) is 528 Å². The van der Waals surface area contributed by atoms with Crippen LogP contribution in [-0.2, 0) is 71.9 Å². The molecule has 31 heteroatoms. The third-order valence-corrected chi connectivity index (χ3v) is 9.46. The number of carboxylic acid groups (broad SMARTS) is 8. The highest BCUT2D eigenvalue weighted by Gasteiger charge is 2.36. The number of rotatable bonds is 36. The standard InChI is InChI=1S/C39H58N8O23/c1-16(2)13-24(39(69)70)47-37(67)22(7-12-29(56)57)44-35(65)20(5-10-27(52)53)45-38(68)23(15-31(60)61)46-36(66)21(6-11-28(54)55)43-34(64)19(4-9-26(50)51)42-33(63)18(3-8-25(48)49)41-32(62)17(40)14-30(58)59/h16-24H,3-15,40H2,1-2H3,(H,41,62)(H,42,63)(H,43,64)(H,44,65)(H,45,68)(H,46,66)(H,47,67)(H,48,49)(H,50,51)(H,52,53)(H,54,55)(H,56,57)(H,58,59)(H,60,61)(H,69,70)/t17-,18-,19-,20-,21-,22-,23-,24-/m0/s1. The van der Waals surface area contributed by atoms with Gasteiger partial charge in [-0.1, -0.05) is 13.8 Å². The molecular weight excluding hydrogens is 948 g/mol. The van der Waals surface area contributed by atoms with Gasteiger partial charge in [0.15, 0.2) is 0 Å². The minimum atomic E-state index is -2.25. The Labute approximate surface area is 396 Å². The second-order valence-corrected chi connectivity index (χ2v) is 15.9. The average molecular weight is 1010 g/mol. The van der Waals surface area contributed by atoms with E-state index in [4.69, 9.17) is 15.9 Å². The largest absolute Gasteiger partial charge is 0.481 e. The lowest BCUT2D eigenvalue weighted by atomic mass is 10.0. The first kappa shape index (κ1) is 62.0. The maximum atomic E-state index is 13.7. The summed E-state index contributed by atoms with van der Waals surface area (Å²) in [7, 11) is 0. The number of amides is 7. The molecule has 0 aromatic heterocycles. The van der Waals surface area contributed by atoms with Gasteiger partial charge in [-0.05, 0) is 44.4 Å². The monoisotopic (exact) mass is 1010 g/mol. The molecule has 0 rings (SSSR count). The highest BCUT2D eigenvalue weighted by molar-refractivity contribution is 5.99. The molecule has 0 aromatic carbocycles. The predicted molar refractivity (Wildman–Crippen MR) is 227 cm³/mol. The fourth-order valence-corrected chi connectivity index (χ4v) is 5.95. The molecule has 0 aliphatic carbocycles. The molecule has 0 spiro atoms. The highest BCUT2D eigenvalue weighted by atomic mass is 16.4. The molecule has 0 bridgehead atoms. The van der Waals surface area contributed by atoms with Crippen LogP contribution in [0.4, 0.5) is 0 Å². The van der Waals surface area contributed by atoms with Crippen LogP contribution < -0.4 is 43.0 Å². The Morgan fingerprint density at radius 3 is 0.786 bits per heavy atom. The first-order chi connectivity index (χ1) is 32.4. The summed E-state index contributed by atoms with van der Waals surface area (Å²) < 4.78 is 0. The minimum Gasteiger partial charge on any atom is -0.481 e. The molecule has 70 heavy (non-hydrogen) atoms. The molecule has 7 amide bonds. The van der Waals surface area contributed by atoms with E-state index in [9.17, 15) is 103 Å². The summed E-state index contributed by atoms with van der Waals surface area (Å²) in [5.41, 5.74) is 5.51. The highest BCUT2D eigenvalue weighted by Crippen LogP contribution is 2.11. The van der Waals surface area contributed by atoms with Crippen LogP contribution >= 0.6 is 0 Å². The van der Waals surface area contributed by atoms with Crippen molar-refractivity contribution >= 4 is 89.1 Å². The lowest BCUT2D eigenvalue weighted by molar-refractivity contribution is -0.143. The Morgan fingerprint density at radius 1 is 0.329 bits per heavy atom. The van der Waals surface area contributed by atoms with Crippen LogP contribution in [0.25, 0.3) is 0 Å². The molecule has 0 aromatic rings. The molecule has 0 heterocycles. The zero-order valence-electron chi connectivity index (χ0n) is 37.7. The zero-order chi connectivity index (χ0) is 54.0. The zero-order valence-corrected chi connectivity index (χ0v) is 37.7. The summed E-state index contributed by atoms with van der Waals surface area (Å²) in [5.74, 6) is -22.4. The summed E-state index contributed by atoms with van der Waals surface area (Å²) in [6.45, 7) is 3.25. The first-order valence-electron chi connectivity index (χ1n) is 21.1. The maximum absolute atomic E-state index is 13.7. The lowest BCUT2D eigenvalue weighted by Crippen LogP contribution is -2.60. The number of nitrogens with two attached hydrogens (primary N) is 1. The van der Waals surface area contributed by atoms with E-state index in [-0.39, 0.29) is 12.3 Å². The van der Waals surface area contributed by atoms with Crippen molar-refractivity contribution in [2.75, 3.05) is 0 Å². The summed E-state index contributed by atoms with van der Waals surface area (Å²) in [4.78, 5) is 185. The van der Waals surface area contributed by atoms with Gasteiger partial charge in [0.2, 0.25) is 41.4 Å². The molecule has 392 valence electrons. The number of carbonyl (C=O) groups is 15. The van der Waals surface area contributed by atoms with Crippen molar-refractivity contribution < 1.29 is 113 Å². The van der Waals surface area contributed by atoms with Crippen molar-refractivity contribution in [3.63, 3.8) is 0 Å². The molecule has 31 nitrogen and oxygen atoms in total. The predicted octanol–water partition coefficient (Wildman–Crippen LogP) is -4.89. The van der Waals surface area contributed by atoms with Crippen LogP contribution in [-0.4, -0.2) is 178 Å². The Balaban J connectivity index is 6.84. The second-order valence-electron chi connectivity index (χ2n) is 15.9. The van der Waals surface area contributed by atoms with Gasteiger partial charge in [0.1, 0.15) is 42.3 Å². The molecule has 17 N–H and O–H groups in total. The molecule has 0 radical (unpaired) electrons. The van der Waals surface area contributed by atoms with E-state index in [2.05, 4.69) is 16.0 Å². The Kier molecular flexibility index (Phi) is 27.6. The Bertz CT molecular complexity index is 1980. The van der Waals surface area contributed by atoms with Crippen LogP contribution in [0.2, 0.25) is 0 Å². The third-order valence-electron chi connectivity index (χ3n) is 9.46. The molecular formula is C39H58N8O23. The number of nitrogens with one attached hydrogen (secondary N) is 7. The second kappa shape index (κ2) is 31.1. The summed E-state index contributed by atoms with van der Waals surface area (Å²) in [6.07, 6.45) is -10.4. The van der Waals surface area contributed by atoms with Crippen molar-refractivity contribution in [1.29, 1.82) is 0 Å². The van der Waals surface area contributed by atoms with Gasteiger partial charge >= 0.3 is 47.8 Å². The third kappa shape index (κ3) is 26.4. The van der Waals surface area contributed by atoms with Crippen LogP contribution in [0.5, 0.6) is 0 Å². The van der Waals surface area contributed by atoms with Crippen molar-refractivity contribution in [1.82, 2.24) is 37.2 Å². The molecule has 0 saturated carbocycles. The number of aliphatic carboxylic acids is 8. The van der Waals surface area contributed by atoms with Gasteiger partial charge in [-0.2, -0.15) is 0 Å². The minimum absolute atomic E-state index is 0.108. The van der Waals surface area contributed by atoms with Gasteiger partial charge in [-0.15, -0.1) is 0 Å². The molecule has 0 unspecified atom stereocenters. The molecule has 8 atom stereocenters. The Morgan fingerprint density at radius 2 is 0.557 bits per heavy atom. The summed E-state index contributed by atoms with van der Waals surface area (Å²) in [6, 6.07) is -15.2. The van der Waals surface area contributed by atoms with Crippen molar-refractivity contribution in [3.8, 4) is 0 Å². The summed E-state index contributed by atoms with van der Waals surface area (Å²) in [5, 5.41) is 88.9. The normalized spacial score (nSPS) is 14.2. The van der Waals surface area contributed by atoms with Crippen molar-refractivity contribution in [3.05, 3.63) is 0 Å². The van der Waals surface area contributed by atoms with Gasteiger partial charge < -0.3 is 83.8 Å². The van der Waals surface area contributed by atoms with E-state index in [1.54, 1.807) is 13.8 Å². The van der Waals surface area contributed by atoms with Gasteiger partial charge in [0.05, 0.1) is 18.9 Å². The molecule has 0 aliphatic rings. The maximum Gasteiger partial charge on any atom is 0.326 e. The van der Waals surface area contributed by atoms with E-state index in [0.29, 0.717) is 0 Å². The van der Waals surface area contributed by atoms with E-state index >= 15 is 0 Å². The Hall–Kier alpha value is -7.99. The van der Waals surface area contributed by atoms with E-state index in [1.807, 2.05) is 21.3 Å². The smallest absolute Gasteiger partial charge is 0.326 e. The van der Waals surface area contributed by atoms with Gasteiger partial charge in [0.25, 0.3) is 0 Å². The van der Waals surface area contributed by atoms with Crippen molar-refractivity contribution in [2.24, 2.45) is 11.7 Å². The van der Waals surface area contributed by atoms with E-state index in [1.165, 1.54) is 0 Å². The average Bonchev–Trinajstić information content (AvgIpc) is 3.23. The number of hydrogen-bond acceptors (Lipinski definition) is 16. The fraction of sp³-hybridized carbons (Fsp3) is 0.615. The van der Waals surface area contributed by atoms with E-state index in [0.717, 1.165) is 0 Å². The van der Waals surface area contributed by atoms with Crippen LogP contribution in [0.3, 0.4) is 0 Å². The molecule has 0 saturated heterocycles. The number of hydrogen-bond donors (Lipinski definition) is 16. The fourth-order valence-electron chi connectivity index (χ4n) is 5.95. The van der Waals surface area contributed by atoms with Gasteiger partial charge in [0, 0.05) is 32.1 Å². The SMILES string of the molecule is CC(C)C[C@H](NC(=O)[C@H](CCC(=O)O)NC(=O)[C@H](CCC(=O)O)NC(=O)[C@H](CC(=O)O)NC(=O)[C@H](CCC(=O)O)NC(=O)[C@H](CCC(=O)O)NC(=O)[C@H](CCC(=O)O)NC(=O)[C@@H](N)CC(=O)O)C(=O)O. The number of carbonyl (C=O) groups excluding carboxylic acids is 7. The van der Waals surface area contributed by atoms with Crippen molar-refractivity contribution in [2.45, 2.75) is 146 Å². The van der Waals surface area contributed by atoms with E-state index < -0.39 is 214 Å². The van der Waals surface area contributed by atoms with Crippen LogP contribution in [0.1, 0.15) is 97.3 Å². The van der Waals surface area contributed by atoms with Gasteiger partial charge in [-0.25, -0.2) is 4.79 Å². The van der Waals surface area contributed by atoms with Crippen LogP contribution in [0.15, 0.2) is 0 Å². The quantitative estimate of drug-likeness (QED) is 0.0280. The lowest BCUT2D eigenvalue weighted by Gasteiger charge is -2.27. The number of carboxylic acids is 8.